The lowest BCUT2D eigenvalue weighted by molar-refractivity contribution is 0.915. The summed E-state index contributed by atoms with van der Waals surface area (Å²) in [5.74, 6) is 0.816. The molecule has 0 aliphatic rings. The highest BCUT2D eigenvalue weighted by Crippen LogP contribution is 2.18. The van der Waals surface area contributed by atoms with Crippen molar-refractivity contribution >= 4 is 11.9 Å². The Morgan fingerprint density at radius 3 is 2.22 bits per heavy atom. The lowest BCUT2D eigenvalue weighted by atomic mass is 10.3. The second kappa shape index (κ2) is 6.00. The van der Waals surface area contributed by atoms with Crippen LogP contribution in [0.25, 0.3) is 5.69 Å². The van der Waals surface area contributed by atoms with E-state index in [-0.39, 0.29) is 5.56 Å². The zero-order valence-corrected chi connectivity index (χ0v) is 13.2. The molecule has 0 saturated carbocycles. The number of nitrogens with one attached hydrogen (secondary N) is 1. The van der Waals surface area contributed by atoms with Crippen LogP contribution >= 0.6 is 0 Å². The van der Waals surface area contributed by atoms with Gasteiger partial charge in [-0.1, -0.05) is 18.2 Å². The first-order chi connectivity index (χ1) is 11.0. The molecule has 23 heavy (non-hydrogen) atoms. The largest absolute Gasteiger partial charge is 0.294 e. The Morgan fingerprint density at radius 1 is 0.913 bits per heavy atom. The highest BCUT2D eigenvalue weighted by atomic mass is 16.1. The summed E-state index contributed by atoms with van der Waals surface area (Å²) in [6.07, 6.45) is 0. The molecule has 1 aromatic carbocycles. The standard InChI is InChI=1S/C17H17N5O/c1-11-9-12(2)19-16(18-11)21-17-20-15(23)10-13(3)22(17)14-7-5-4-6-8-14/h4-10H,1-3H3,(H,18,19,20,21,23). The number of hydrogen-bond donors (Lipinski definition) is 1. The number of benzene rings is 1. The fourth-order valence-electron chi connectivity index (χ4n) is 2.47. The van der Waals surface area contributed by atoms with Gasteiger partial charge in [0.2, 0.25) is 11.9 Å². The highest BCUT2D eigenvalue weighted by molar-refractivity contribution is 5.50. The summed E-state index contributed by atoms with van der Waals surface area (Å²) in [7, 11) is 0. The first-order valence-electron chi connectivity index (χ1n) is 7.28. The summed E-state index contributed by atoms with van der Waals surface area (Å²) in [5, 5.41) is 3.06. The summed E-state index contributed by atoms with van der Waals surface area (Å²) >= 11 is 0. The summed E-state index contributed by atoms with van der Waals surface area (Å²) in [4.78, 5) is 24.6. The van der Waals surface area contributed by atoms with Gasteiger partial charge >= 0.3 is 0 Å². The van der Waals surface area contributed by atoms with Crippen molar-refractivity contribution in [3.63, 3.8) is 0 Å². The minimum atomic E-state index is -0.304. The van der Waals surface area contributed by atoms with E-state index in [1.54, 1.807) is 0 Å². The lowest BCUT2D eigenvalue weighted by Gasteiger charge is -2.16. The fraction of sp³-hybridized carbons (Fsp3) is 0.176. The van der Waals surface area contributed by atoms with Crippen LogP contribution in [0.5, 0.6) is 0 Å². The topological polar surface area (TPSA) is 72.7 Å². The van der Waals surface area contributed by atoms with Crippen LogP contribution in [0.15, 0.2) is 47.3 Å². The smallest absolute Gasteiger partial charge is 0.274 e. The average Bonchev–Trinajstić information content (AvgIpc) is 2.46. The average molecular weight is 307 g/mol. The molecule has 0 bridgehead atoms. The number of aryl methyl sites for hydroxylation is 3. The van der Waals surface area contributed by atoms with E-state index in [0.717, 1.165) is 22.8 Å². The van der Waals surface area contributed by atoms with Crippen LogP contribution in [-0.4, -0.2) is 19.5 Å². The maximum atomic E-state index is 11.8. The molecule has 0 aliphatic heterocycles. The van der Waals surface area contributed by atoms with Crippen molar-refractivity contribution in [2.45, 2.75) is 20.8 Å². The van der Waals surface area contributed by atoms with E-state index in [1.807, 2.05) is 61.7 Å². The quantitative estimate of drug-likeness (QED) is 0.805. The van der Waals surface area contributed by atoms with Crippen LogP contribution in [0.4, 0.5) is 11.9 Å². The van der Waals surface area contributed by atoms with E-state index in [2.05, 4.69) is 20.3 Å². The zero-order chi connectivity index (χ0) is 16.4. The third-order valence-corrected chi connectivity index (χ3v) is 3.33. The molecule has 6 heteroatoms. The SMILES string of the molecule is Cc1cc(C)nc(Nc2nc(=O)cc(C)n2-c2ccccc2)n1. The van der Waals surface area contributed by atoms with E-state index < -0.39 is 0 Å². The molecule has 3 rings (SSSR count). The molecule has 0 saturated heterocycles. The molecule has 0 fully saturated rings. The minimum absolute atomic E-state index is 0.304. The Balaban J connectivity index is 2.13. The highest BCUT2D eigenvalue weighted by Gasteiger charge is 2.11. The van der Waals surface area contributed by atoms with Crippen molar-refractivity contribution in [1.82, 2.24) is 19.5 Å². The Labute approximate surface area is 133 Å². The molecule has 6 nitrogen and oxygen atoms in total. The van der Waals surface area contributed by atoms with Gasteiger partial charge in [-0.3, -0.25) is 14.7 Å². The fourth-order valence-corrected chi connectivity index (χ4v) is 2.47. The second-order valence-corrected chi connectivity index (χ2v) is 5.33. The normalized spacial score (nSPS) is 10.6. The number of hydrogen-bond acceptors (Lipinski definition) is 5. The number of aromatic nitrogens is 4. The number of anilines is 2. The minimum Gasteiger partial charge on any atom is -0.294 e. The summed E-state index contributed by atoms with van der Waals surface area (Å²) in [6, 6.07) is 13.1. The molecular weight excluding hydrogens is 290 g/mol. The first kappa shape index (κ1) is 14.9. The van der Waals surface area contributed by atoms with Crippen LogP contribution in [-0.2, 0) is 0 Å². The molecule has 0 atom stereocenters. The third-order valence-electron chi connectivity index (χ3n) is 3.33. The molecule has 0 radical (unpaired) electrons. The van der Waals surface area contributed by atoms with Crippen LogP contribution in [0.3, 0.4) is 0 Å². The Hall–Kier alpha value is -3.02. The number of para-hydroxylation sites is 1. The van der Waals surface area contributed by atoms with E-state index in [4.69, 9.17) is 0 Å². The van der Waals surface area contributed by atoms with Crippen molar-refractivity contribution in [3.05, 3.63) is 69.9 Å². The molecule has 1 N–H and O–H groups in total. The van der Waals surface area contributed by atoms with Crippen LogP contribution in [0.1, 0.15) is 17.1 Å². The van der Waals surface area contributed by atoms with Crippen molar-refractivity contribution in [3.8, 4) is 5.69 Å². The van der Waals surface area contributed by atoms with E-state index in [0.29, 0.717) is 11.9 Å². The predicted octanol–water partition coefficient (Wildman–Crippen LogP) is 2.69. The molecule has 3 aromatic rings. The Kier molecular flexibility index (Phi) is 3.89. The van der Waals surface area contributed by atoms with Gasteiger partial charge in [0.05, 0.1) is 0 Å². The molecule has 2 aromatic heterocycles. The van der Waals surface area contributed by atoms with Gasteiger partial charge in [-0.2, -0.15) is 4.98 Å². The predicted molar refractivity (Wildman–Crippen MR) is 89.4 cm³/mol. The molecule has 0 unspecified atom stereocenters. The molecular formula is C17H17N5O. The zero-order valence-electron chi connectivity index (χ0n) is 13.2. The molecule has 0 aliphatic carbocycles. The van der Waals surface area contributed by atoms with Crippen LogP contribution < -0.4 is 10.9 Å². The van der Waals surface area contributed by atoms with Gasteiger partial charge in [-0.15, -0.1) is 0 Å². The van der Waals surface area contributed by atoms with Gasteiger partial charge in [-0.25, -0.2) is 9.97 Å². The monoisotopic (exact) mass is 307 g/mol. The lowest BCUT2D eigenvalue weighted by Crippen LogP contribution is -2.18. The van der Waals surface area contributed by atoms with Gasteiger partial charge in [0.1, 0.15) is 0 Å². The third kappa shape index (κ3) is 3.26. The number of rotatable bonds is 3. The second-order valence-electron chi connectivity index (χ2n) is 5.33. The Morgan fingerprint density at radius 2 is 1.57 bits per heavy atom. The molecule has 116 valence electrons. The summed E-state index contributed by atoms with van der Waals surface area (Å²) in [6.45, 7) is 5.66. The first-order valence-corrected chi connectivity index (χ1v) is 7.28. The van der Waals surface area contributed by atoms with Gasteiger partial charge in [0, 0.05) is 28.8 Å². The summed E-state index contributed by atoms with van der Waals surface area (Å²) in [5.41, 5.74) is 3.08. The van der Waals surface area contributed by atoms with E-state index >= 15 is 0 Å². The van der Waals surface area contributed by atoms with Crippen molar-refractivity contribution in [2.24, 2.45) is 0 Å². The van der Waals surface area contributed by atoms with Gasteiger partial charge in [0.25, 0.3) is 5.56 Å². The van der Waals surface area contributed by atoms with Gasteiger partial charge < -0.3 is 0 Å². The molecule has 2 heterocycles. The number of nitrogens with zero attached hydrogens (tertiary/aromatic N) is 4. The molecule has 0 amide bonds. The van der Waals surface area contributed by atoms with Crippen molar-refractivity contribution < 1.29 is 0 Å². The summed E-state index contributed by atoms with van der Waals surface area (Å²) < 4.78 is 1.86. The van der Waals surface area contributed by atoms with Gasteiger partial charge in [0.15, 0.2) is 0 Å². The van der Waals surface area contributed by atoms with E-state index in [9.17, 15) is 4.79 Å². The Bertz CT molecular complexity index is 882. The van der Waals surface area contributed by atoms with Crippen molar-refractivity contribution in [1.29, 1.82) is 0 Å². The molecule has 0 spiro atoms. The van der Waals surface area contributed by atoms with Crippen LogP contribution in [0, 0.1) is 20.8 Å². The maximum Gasteiger partial charge on any atom is 0.274 e. The van der Waals surface area contributed by atoms with E-state index in [1.165, 1.54) is 6.07 Å². The van der Waals surface area contributed by atoms with Crippen LogP contribution in [0.2, 0.25) is 0 Å². The van der Waals surface area contributed by atoms with Gasteiger partial charge in [-0.05, 0) is 39.0 Å². The maximum absolute atomic E-state index is 11.8. The van der Waals surface area contributed by atoms with Crippen molar-refractivity contribution in [2.75, 3.05) is 5.32 Å².